The van der Waals surface area contributed by atoms with Crippen LogP contribution in [0.1, 0.15) is 6.42 Å². The highest BCUT2D eigenvalue weighted by atomic mass is 32.2. The van der Waals surface area contributed by atoms with E-state index in [0.717, 1.165) is 22.5 Å². The van der Waals surface area contributed by atoms with E-state index in [9.17, 15) is 22.9 Å². The van der Waals surface area contributed by atoms with E-state index in [1.165, 1.54) is 7.05 Å². The van der Waals surface area contributed by atoms with Crippen LogP contribution >= 0.6 is 0 Å². The molecule has 1 rings (SSSR count). The third-order valence-corrected chi connectivity index (χ3v) is 4.34. The summed E-state index contributed by atoms with van der Waals surface area (Å²) in [5.41, 5.74) is -1.07. The van der Waals surface area contributed by atoms with Gasteiger partial charge in [0.15, 0.2) is 4.90 Å². The van der Waals surface area contributed by atoms with Gasteiger partial charge in [0.05, 0.1) is 4.92 Å². The molecule has 0 atom stereocenters. The number of hydrogen-bond acceptors (Lipinski definition) is 5. The molecule has 0 fully saturated rings. The zero-order valence-electron chi connectivity index (χ0n) is 10.1. The molecule has 19 heavy (non-hydrogen) atoms. The molecule has 1 aromatic carbocycles. The van der Waals surface area contributed by atoms with Crippen LogP contribution in [0, 0.1) is 15.9 Å². The largest absolute Gasteiger partial charge is 0.396 e. The fourth-order valence-corrected chi connectivity index (χ4v) is 2.83. The lowest BCUT2D eigenvalue weighted by Crippen LogP contribution is -2.29. The highest BCUT2D eigenvalue weighted by Gasteiger charge is 2.31. The average molecular weight is 292 g/mol. The molecule has 0 aromatic heterocycles. The van der Waals surface area contributed by atoms with E-state index in [2.05, 4.69) is 0 Å². The zero-order valence-corrected chi connectivity index (χ0v) is 10.9. The number of nitro benzene ring substituents is 1. The van der Waals surface area contributed by atoms with Gasteiger partial charge in [-0.1, -0.05) is 6.07 Å². The van der Waals surface area contributed by atoms with Crippen LogP contribution in [0.5, 0.6) is 0 Å². The Bertz CT molecular complexity index is 575. The smallest absolute Gasteiger partial charge is 0.324 e. The van der Waals surface area contributed by atoms with Crippen molar-refractivity contribution in [2.45, 2.75) is 11.3 Å². The first-order chi connectivity index (χ1) is 8.82. The lowest BCUT2D eigenvalue weighted by molar-refractivity contribution is -0.390. The van der Waals surface area contributed by atoms with Crippen molar-refractivity contribution in [3.8, 4) is 0 Å². The lowest BCUT2D eigenvalue weighted by Gasteiger charge is -2.16. The van der Waals surface area contributed by atoms with Crippen LogP contribution in [0.4, 0.5) is 10.1 Å². The van der Waals surface area contributed by atoms with E-state index >= 15 is 0 Å². The fraction of sp³-hybridized carbons (Fsp3) is 0.400. The summed E-state index contributed by atoms with van der Waals surface area (Å²) >= 11 is 0. The molecular formula is C10H13FN2O5S. The third-order valence-electron chi connectivity index (χ3n) is 2.45. The molecule has 0 heterocycles. The zero-order chi connectivity index (χ0) is 14.6. The molecule has 0 aliphatic carbocycles. The molecule has 0 saturated heterocycles. The number of nitro groups is 1. The van der Waals surface area contributed by atoms with Gasteiger partial charge in [0.2, 0.25) is 15.8 Å². The molecule has 0 aliphatic rings. The van der Waals surface area contributed by atoms with Crippen LogP contribution < -0.4 is 0 Å². The molecule has 0 aliphatic heterocycles. The summed E-state index contributed by atoms with van der Waals surface area (Å²) in [5.74, 6) is -1.21. The van der Waals surface area contributed by atoms with Crippen molar-refractivity contribution < 1.29 is 22.8 Å². The SMILES string of the molecule is CN(CCCO)S(=O)(=O)c1cccc(F)c1[N+](=O)[O-]. The number of nitrogens with zero attached hydrogens (tertiary/aromatic N) is 2. The Morgan fingerprint density at radius 3 is 2.63 bits per heavy atom. The summed E-state index contributed by atoms with van der Waals surface area (Å²) in [6.45, 7) is -0.238. The molecule has 0 amide bonds. The normalized spacial score (nSPS) is 11.8. The van der Waals surface area contributed by atoms with Gasteiger partial charge < -0.3 is 5.11 Å². The summed E-state index contributed by atoms with van der Waals surface area (Å²) in [6.07, 6.45) is 0.179. The van der Waals surface area contributed by atoms with Gasteiger partial charge in [-0.2, -0.15) is 4.39 Å². The minimum absolute atomic E-state index is 0.0213. The number of benzene rings is 1. The quantitative estimate of drug-likeness (QED) is 0.615. The van der Waals surface area contributed by atoms with Crippen molar-refractivity contribution in [2.75, 3.05) is 20.2 Å². The first-order valence-corrected chi connectivity index (χ1v) is 6.76. The van der Waals surface area contributed by atoms with Gasteiger partial charge in [0.25, 0.3) is 0 Å². The Morgan fingerprint density at radius 2 is 2.11 bits per heavy atom. The van der Waals surface area contributed by atoms with E-state index in [-0.39, 0.29) is 19.6 Å². The second-order valence-corrected chi connectivity index (χ2v) is 5.76. The van der Waals surface area contributed by atoms with Crippen molar-refractivity contribution in [3.05, 3.63) is 34.1 Å². The number of hydrogen-bond donors (Lipinski definition) is 1. The van der Waals surface area contributed by atoms with Crippen LogP contribution in [0.25, 0.3) is 0 Å². The Hall–Kier alpha value is -1.58. The van der Waals surface area contributed by atoms with Gasteiger partial charge in [-0.15, -0.1) is 0 Å². The highest BCUT2D eigenvalue weighted by Crippen LogP contribution is 2.28. The van der Waals surface area contributed by atoms with Crippen LogP contribution in [0.2, 0.25) is 0 Å². The molecule has 0 saturated carbocycles. The number of sulfonamides is 1. The van der Waals surface area contributed by atoms with Crippen LogP contribution in [-0.2, 0) is 10.0 Å². The minimum Gasteiger partial charge on any atom is -0.396 e. The Balaban J connectivity index is 3.29. The summed E-state index contributed by atoms with van der Waals surface area (Å²) in [7, 11) is -2.96. The predicted molar refractivity (Wildman–Crippen MR) is 64.6 cm³/mol. The summed E-state index contributed by atoms with van der Waals surface area (Å²) in [4.78, 5) is 9.00. The summed E-state index contributed by atoms with van der Waals surface area (Å²) < 4.78 is 38.4. The van der Waals surface area contributed by atoms with Crippen LogP contribution in [0.3, 0.4) is 0 Å². The molecule has 0 spiro atoms. The Labute approximate surface area is 109 Å². The van der Waals surface area contributed by atoms with Crippen LogP contribution in [-0.4, -0.2) is 43.0 Å². The van der Waals surface area contributed by atoms with Gasteiger partial charge >= 0.3 is 5.69 Å². The second-order valence-electron chi connectivity index (χ2n) is 3.75. The molecule has 7 nitrogen and oxygen atoms in total. The predicted octanol–water partition coefficient (Wildman–Crippen LogP) is 0.737. The average Bonchev–Trinajstić information content (AvgIpc) is 2.34. The van der Waals surface area contributed by atoms with E-state index in [1.54, 1.807) is 0 Å². The number of para-hydroxylation sites is 1. The minimum atomic E-state index is -4.17. The van der Waals surface area contributed by atoms with Crippen molar-refractivity contribution >= 4 is 15.7 Å². The fourth-order valence-electron chi connectivity index (χ4n) is 1.46. The van der Waals surface area contributed by atoms with Crippen molar-refractivity contribution in [1.82, 2.24) is 4.31 Å². The van der Waals surface area contributed by atoms with E-state index in [1.807, 2.05) is 0 Å². The first-order valence-electron chi connectivity index (χ1n) is 5.32. The lowest BCUT2D eigenvalue weighted by atomic mass is 10.3. The molecule has 9 heteroatoms. The van der Waals surface area contributed by atoms with E-state index in [0.29, 0.717) is 0 Å². The topological polar surface area (TPSA) is 101 Å². The summed E-state index contributed by atoms with van der Waals surface area (Å²) in [6, 6.07) is 2.89. The van der Waals surface area contributed by atoms with E-state index in [4.69, 9.17) is 5.11 Å². The molecule has 0 radical (unpaired) electrons. The Morgan fingerprint density at radius 1 is 1.47 bits per heavy atom. The number of rotatable bonds is 6. The van der Waals surface area contributed by atoms with Gasteiger partial charge in [-0.05, 0) is 18.6 Å². The summed E-state index contributed by atoms with van der Waals surface area (Å²) in [5, 5.41) is 19.4. The third kappa shape index (κ3) is 3.25. The van der Waals surface area contributed by atoms with Crippen molar-refractivity contribution in [1.29, 1.82) is 0 Å². The molecule has 106 valence electrons. The second kappa shape index (κ2) is 6.04. The monoisotopic (exact) mass is 292 g/mol. The number of aliphatic hydroxyl groups excluding tert-OH is 1. The molecular weight excluding hydrogens is 279 g/mol. The van der Waals surface area contributed by atoms with Crippen molar-refractivity contribution in [3.63, 3.8) is 0 Å². The maximum absolute atomic E-state index is 13.4. The molecule has 1 N–H and O–H groups in total. The van der Waals surface area contributed by atoms with E-state index < -0.39 is 31.3 Å². The van der Waals surface area contributed by atoms with Gasteiger partial charge in [-0.3, -0.25) is 10.1 Å². The van der Waals surface area contributed by atoms with Crippen LogP contribution in [0.15, 0.2) is 23.1 Å². The maximum Gasteiger partial charge on any atom is 0.324 e. The molecule has 0 bridgehead atoms. The van der Waals surface area contributed by atoms with Gasteiger partial charge in [0.1, 0.15) is 0 Å². The number of aliphatic hydroxyl groups is 1. The Kier molecular flexibility index (Phi) is 4.92. The first kappa shape index (κ1) is 15.5. The maximum atomic E-state index is 13.4. The highest BCUT2D eigenvalue weighted by molar-refractivity contribution is 7.89. The van der Waals surface area contributed by atoms with Gasteiger partial charge in [-0.25, -0.2) is 12.7 Å². The molecule has 1 aromatic rings. The van der Waals surface area contributed by atoms with Crippen molar-refractivity contribution in [2.24, 2.45) is 0 Å². The van der Waals surface area contributed by atoms with Gasteiger partial charge in [0, 0.05) is 20.2 Å². The molecule has 0 unspecified atom stereocenters. The standard InChI is InChI=1S/C10H13FN2O5S/c1-12(6-3-7-14)19(17,18)9-5-2-4-8(11)10(9)13(15)16/h2,4-5,14H,3,6-7H2,1H3. The number of halogens is 1.